The smallest absolute Gasteiger partial charge is 0.332 e. The monoisotopic (exact) mass is 309 g/mol. The van der Waals surface area contributed by atoms with Crippen LogP contribution in [-0.2, 0) is 9.53 Å². The Labute approximate surface area is 127 Å². The van der Waals surface area contributed by atoms with Gasteiger partial charge in [-0.25, -0.2) is 4.79 Å². The van der Waals surface area contributed by atoms with E-state index in [1.54, 1.807) is 42.5 Å². The molecule has 0 fully saturated rings. The van der Waals surface area contributed by atoms with Crippen LogP contribution in [0.15, 0.2) is 48.5 Å². The quantitative estimate of drug-likeness (QED) is 0.855. The van der Waals surface area contributed by atoms with Gasteiger partial charge < -0.3 is 10.1 Å². The lowest BCUT2D eigenvalue weighted by Crippen LogP contribution is -2.22. The first kappa shape index (κ1) is 14.7. The molecule has 0 aliphatic heterocycles. The number of esters is 1. The predicted octanol–water partition coefficient (Wildman–Crippen LogP) is 4.32. The van der Waals surface area contributed by atoms with E-state index in [1.165, 1.54) is 7.11 Å². The molecule has 0 radical (unpaired) electrons. The molecule has 2 aromatic carbocycles. The van der Waals surface area contributed by atoms with Gasteiger partial charge in [-0.05, 0) is 42.0 Å². The fourth-order valence-electron chi connectivity index (χ4n) is 1.80. The third kappa shape index (κ3) is 3.65. The van der Waals surface area contributed by atoms with Gasteiger partial charge in [-0.15, -0.1) is 0 Å². The molecule has 0 saturated heterocycles. The van der Waals surface area contributed by atoms with Crippen molar-refractivity contribution >= 4 is 34.9 Å². The number of carbonyl (C=O) groups is 1. The molecule has 0 spiro atoms. The third-order valence-corrected chi connectivity index (χ3v) is 3.26. The first-order valence-electron chi connectivity index (χ1n) is 5.95. The first-order valence-corrected chi connectivity index (χ1v) is 6.71. The van der Waals surface area contributed by atoms with Crippen LogP contribution < -0.4 is 5.32 Å². The van der Waals surface area contributed by atoms with Crippen LogP contribution >= 0.6 is 23.2 Å². The first-order chi connectivity index (χ1) is 9.60. The second-order valence-electron chi connectivity index (χ2n) is 4.16. The Hall–Kier alpha value is -1.71. The van der Waals surface area contributed by atoms with Crippen molar-refractivity contribution in [1.82, 2.24) is 0 Å². The van der Waals surface area contributed by atoms with Crippen molar-refractivity contribution in [2.45, 2.75) is 6.04 Å². The molecule has 0 aliphatic carbocycles. The Kier molecular flexibility index (Phi) is 4.88. The standard InChI is InChI=1S/C15H13Cl2NO2/c1-20-15(19)14(10-3-2-4-12(17)9-10)18-13-7-5-11(16)6-8-13/h2-9,14,18H,1H3. The zero-order valence-electron chi connectivity index (χ0n) is 10.8. The lowest BCUT2D eigenvalue weighted by atomic mass is 10.1. The molecule has 3 nitrogen and oxygen atoms in total. The van der Waals surface area contributed by atoms with Crippen LogP contribution in [0.5, 0.6) is 0 Å². The van der Waals surface area contributed by atoms with E-state index in [4.69, 9.17) is 27.9 Å². The molecule has 2 rings (SSSR count). The summed E-state index contributed by atoms with van der Waals surface area (Å²) in [6.07, 6.45) is 0. The second-order valence-corrected chi connectivity index (χ2v) is 5.04. The number of halogens is 2. The highest BCUT2D eigenvalue weighted by molar-refractivity contribution is 6.31. The lowest BCUT2D eigenvalue weighted by molar-refractivity contribution is -0.141. The molecule has 5 heteroatoms. The van der Waals surface area contributed by atoms with Crippen molar-refractivity contribution in [1.29, 1.82) is 0 Å². The van der Waals surface area contributed by atoms with Crippen molar-refractivity contribution < 1.29 is 9.53 Å². The highest BCUT2D eigenvalue weighted by Crippen LogP contribution is 2.24. The maximum Gasteiger partial charge on any atom is 0.332 e. The molecule has 1 N–H and O–H groups in total. The van der Waals surface area contributed by atoms with E-state index in [-0.39, 0.29) is 5.97 Å². The van der Waals surface area contributed by atoms with Crippen LogP contribution in [0.4, 0.5) is 5.69 Å². The molecule has 0 saturated carbocycles. The van der Waals surface area contributed by atoms with Crippen molar-refractivity contribution in [3.63, 3.8) is 0 Å². The maximum absolute atomic E-state index is 11.9. The molecule has 0 bridgehead atoms. The summed E-state index contributed by atoms with van der Waals surface area (Å²) in [6.45, 7) is 0. The number of rotatable bonds is 4. The van der Waals surface area contributed by atoms with Crippen molar-refractivity contribution in [2.75, 3.05) is 12.4 Å². The summed E-state index contributed by atoms with van der Waals surface area (Å²) in [5.41, 5.74) is 1.50. The second kappa shape index (κ2) is 6.64. The van der Waals surface area contributed by atoms with Crippen LogP contribution in [0.25, 0.3) is 0 Å². The molecular weight excluding hydrogens is 297 g/mol. The largest absolute Gasteiger partial charge is 0.467 e. The highest BCUT2D eigenvalue weighted by Gasteiger charge is 2.21. The molecule has 104 valence electrons. The van der Waals surface area contributed by atoms with Gasteiger partial charge in [0, 0.05) is 15.7 Å². The van der Waals surface area contributed by atoms with Gasteiger partial charge in [-0.1, -0.05) is 35.3 Å². The van der Waals surface area contributed by atoms with Crippen molar-refractivity contribution in [3.8, 4) is 0 Å². The summed E-state index contributed by atoms with van der Waals surface area (Å²) in [7, 11) is 1.35. The zero-order chi connectivity index (χ0) is 14.5. The minimum atomic E-state index is -0.625. The van der Waals surface area contributed by atoms with Crippen LogP contribution in [0.3, 0.4) is 0 Å². The van der Waals surface area contributed by atoms with E-state index in [1.807, 2.05) is 6.07 Å². The number of hydrogen-bond acceptors (Lipinski definition) is 3. The van der Waals surface area contributed by atoms with Gasteiger partial charge in [0.2, 0.25) is 0 Å². The summed E-state index contributed by atoms with van der Waals surface area (Å²) in [4.78, 5) is 11.9. The fourth-order valence-corrected chi connectivity index (χ4v) is 2.12. The van der Waals surface area contributed by atoms with Crippen LogP contribution in [-0.4, -0.2) is 13.1 Å². The van der Waals surface area contributed by atoms with Gasteiger partial charge in [0.1, 0.15) is 0 Å². The average molecular weight is 310 g/mol. The highest BCUT2D eigenvalue weighted by atomic mass is 35.5. The van der Waals surface area contributed by atoms with Crippen molar-refractivity contribution in [2.24, 2.45) is 0 Å². The Bertz CT molecular complexity index is 599. The maximum atomic E-state index is 11.9. The van der Waals surface area contributed by atoms with Gasteiger partial charge in [-0.3, -0.25) is 0 Å². The van der Waals surface area contributed by atoms with E-state index in [0.717, 1.165) is 11.3 Å². The minimum absolute atomic E-state index is 0.387. The SMILES string of the molecule is COC(=O)C(Nc1ccc(Cl)cc1)c1cccc(Cl)c1. The Morgan fingerprint density at radius 3 is 2.40 bits per heavy atom. The molecular formula is C15H13Cl2NO2. The summed E-state index contributed by atoms with van der Waals surface area (Å²) < 4.78 is 4.83. The van der Waals surface area contributed by atoms with E-state index < -0.39 is 6.04 Å². The average Bonchev–Trinajstić information content (AvgIpc) is 2.46. The van der Waals surface area contributed by atoms with E-state index in [0.29, 0.717) is 10.0 Å². The molecule has 0 aliphatic rings. The molecule has 1 atom stereocenters. The van der Waals surface area contributed by atoms with E-state index >= 15 is 0 Å². The topological polar surface area (TPSA) is 38.3 Å². The Balaban J connectivity index is 2.28. The number of methoxy groups -OCH3 is 1. The van der Waals surface area contributed by atoms with Crippen LogP contribution in [0, 0.1) is 0 Å². The Morgan fingerprint density at radius 2 is 1.80 bits per heavy atom. The van der Waals surface area contributed by atoms with Gasteiger partial charge in [0.05, 0.1) is 7.11 Å². The van der Waals surface area contributed by atoms with Gasteiger partial charge in [0.25, 0.3) is 0 Å². The number of carbonyl (C=O) groups excluding carboxylic acids is 1. The van der Waals surface area contributed by atoms with Gasteiger partial charge >= 0.3 is 5.97 Å². The number of benzene rings is 2. The van der Waals surface area contributed by atoms with E-state index in [9.17, 15) is 4.79 Å². The molecule has 0 heterocycles. The number of ether oxygens (including phenoxy) is 1. The van der Waals surface area contributed by atoms with E-state index in [2.05, 4.69) is 5.32 Å². The van der Waals surface area contributed by atoms with Crippen molar-refractivity contribution in [3.05, 3.63) is 64.1 Å². The number of nitrogens with one attached hydrogen (secondary N) is 1. The number of anilines is 1. The molecule has 20 heavy (non-hydrogen) atoms. The minimum Gasteiger partial charge on any atom is -0.467 e. The van der Waals surface area contributed by atoms with Crippen LogP contribution in [0.1, 0.15) is 11.6 Å². The predicted molar refractivity (Wildman–Crippen MR) is 81.3 cm³/mol. The summed E-state index contributed by atoms with van der Waals surface area (Å²) in [5.74, 6) is -0.387. The summed E-state index contributed by atoms with van der Waals surface area (Å²) in [5, 5.41) is 4.31. The molecule has 0 aromatic heterocycles. The third-order valence-electron chi connectivity index (χ3n) is 2.77. The number of hydrogen-bond donors (Lipinski definition) is 1. The van der Waals surface area contributed by atoms with Gasteiger partial charge in [0.15, 0.2) is 6.04 Å². The van der Waals surface area contributed by atoms with Crippen LogP contribution in [0.2, 0.25) is 10.0 Å². The molecule has 2 aromatic rings. The van der Waals surface area contributed by atoms with Gasteiger partial charge in [-0.2, -0.15) is 0 Å². The lowest BCUT2D eigenvalue weighted by Gasteiger charge is -2.18. The zero-order valence-corrected chi connectivity index (χ0v) is 12.3. The molecule has 0 amide bonds. The summed E-state index contributed by atoms with van der Waals surface area (Å²) >= 11 is 11.8. The Morgan fingerprint density at radius 1 is 1.10 bits per heavy atom. The summed E-state index contributed by atoms with van der Waals surface area (Å²) in [6, 6.07) is 13.5. The fraction of sp³-hybridized carbons (Fsp3) is 0.133. The molecule has 1 unspecified atom stereocenters. The normalized spacial score (nSPS) is 11.8.